The first kappa shape index (κ1) is 17.3. The lowest BCUT2D eigenvalue weighted by Gasteiger charge is -2.26. The first-order valence-corrected chi connectivity index (χ1v) is 8.91. The first-order chi connectivity index (χ1) is 13.0. The van der Waals surface area contributed by atoms with Crippen molar-refractivity contribution >= 4 is 28.1 Å². The minimum Gasteiger partial charge on any atom is -0.378 e. The summed E-state index contributed by atoms with van der Waals surface area (Å²) in [6, 6.07) is 8.47. The maximum Gasteiger partial charge on any atom is 0.272 e. The second kappa shape index (κ2) is 6.87. The number of benzene rings is 1. The molecule has 138 valence electrons. The zero-order valence-corrected chi connectivity index (χ0v) is 15.4. The molecule has 27 heavy (non-hydrogen) atoms. The van der Waals surface area contributed by atoms with Crippen molar-refractivity contribution in [2.75, 3.05) is 32.1 Å². The number of amides is 1. The van der Waals surface area contributed by atoms with Gasteiger partial charge in [-0.2, -0.15) is 0 Å². The number of H-pyrrole nitrogens is 1. The number of anilines is 1. The van der Waals surface area contributed by atoms with Gasteiger partial charge in [0.2, 0.25) is 0 Å². The molecule has 0 bridgehead atoms. The van der Waals surface area contributed by atoms with E-state index in [-0.39, 0.29) is 11.7 Å². The third-order valence-electron chi connectivity index (χ3n) is 4.97. The van der Waals surface area contributed by atoms with Crippen molar-refractivity contribution in [3.63, 3.8) is 0 Å². The summed E-state index contributed by atoms with van der Waals surface area (Å²) >= 11 is 0. The van der Waals surface area contributed by atoms with Crippen molar-refractivity contribution in [3.8, 4) is 0 Å². The Morgan fingerprint density at radius 3 is 2.85 bits per heavy atom. The molecule has 1 N–H and O–H groups in total. The second-order valence-electron chi connectivity index (χ2n) is 6.92. The summed E-state index contributed by atoms with van der Waals surface area (Å²) in [5, 5.41) is 1.00. The van der Waals surface area contributed by atoms with Crippen LogP contribution in [-0.2, 0) is 0 Å². The van der Waals surface area contributed by atoms with Gasteiger partial charge in [0.05, 0.1) is 0 Å². The monoisotopic (exact) mass is 364 g/mol. The molecule has 3 aromatic rings. The molecular weight excluding hydrogens is 343 g/mol. The fourth-order valence-electron chi connectivity index (χ4n) is 3.44. The van der Waals surface area contributed by atoms with Crippen molar-refractivity contribution in [1.82, 2.24) is 14.9 Å². The Hall–Kier alpha value is -3.15. The third kappa shape index (κ3) is 3.30. The van der Waals surface area contributed by atoms with Gasteiger partial charge in [-0.25, -0.2) is 4.39 Å². The van der Waals surface area contributed by atoms with Gasteiger partial charge in [-0.3, -0.25) is 9.78 Å². The molecule has 6 heteroatoms. The molecular formula is C21H21FN4O. The van der Waals surface area contributed by atoms with Crippen LogP contribution in [0.2, 0.25) is 0 Å². The fourth-order valence-corrected chi connectivity index (χ4v) is 3.44. The lowest BCUT2D eigenvalue weighted by Crippen LogP contribution is -2.35. The van der Waals surface area contributed by atoms with E-state index in [1.807, 2.05) is 37.3 Å². The Morgan fingerprint density at radius 2 is 2.11 bits per heavy atom. The van der Waals surface area contributed by atoms with Crippen molar-refractivity contribution in [2.45, 2.75) is 6.42 Å². The van der Waals surface area contributed by atoms with Crippen molar-refractivity contribution in [1.29, 1.82) is 0 Å². The molecule has 3 heterocycles. The molecule has 0 unspecified atom stereocenters. The Labute approximate surface area is 157 Å². The zero-order chi connectivity index (χ0) is 19.0. The average molecular weight is 364 g/mol. The van der Waals surface area contributed by atoms with E-state index in [9.17, 15) is 9.18 Å². The Balaban J connectivity index is 1.54. The molecule has 1 aliphatic rings. The van der Waals surface area contributed by atoms with Gasteiger partial charge in [-0.1, -0.05) is 6.08 Å². The SMILES string of the molecule is CN(C)c1ccnc(C(=O)N2CC=C(c3c[nH]c4cc(F)ccc34)CC2)c1. The van der Waals surface area contributed by atoms with E-state index in [1.54, 1.807) is 17.2 Å². The summed E-state index contributed by atoms with van der Waals surface area (Å²) in [4.78, 5) is 23.9. The van der Waals surface area contributed by atoms with Gasteiger partial charge in [0, 0.05) is 61.7 Å². The number of hydrogen-bond donors (Lipinski definition) is 1. The van der Waals surface area contributed by atoms with E-state index >= 15 is 0 Å². The molecule has 2 aromatic heterocycles. The number of aromatic amines is 1. The zero-order valence-electron chi connectivity index (χ0n) is 15.4. The third-order valence-corrected chi connectivity index (χ3v) is 4.97. The number of nitrogens with zero attached hydrogens (tertiary/aromatic N) is 3. The van der Waals surface area contributed by atoms with E-state index in [0.29, 0.717) is 18.8 Å². The van der Waals surface area contributed by atoms with Crippen LogP contribution in [0, 0.1) is 5.82 Å². The number of pyridine rings is 1. The van der Waals surface area contributed by atoms with Crippen LogP contribution in [0.25, 0.3) is 16.5 Å². The quantitative estimate of drug-likeness (QED) is 0.771. The lowest BCUT2D eigenvalue weighted by atomic mass is 9.98. The minimum atomic E-state index is -0.252. The normalized spacial score (nSPS) is 14.3. The topological polar surface area (TPSA) is 52.2 Å². The maximum absolute atomic E-state index is 13.4. The summed E-state index contributed by atoms with van der Waals surface area (Å²) in [7, 11) is 3.87. The van der Waals surface area contributed by atoms with Crippen molar-refractivity contribution < 1.29 is 9.18 Å². The smallest absolute Gasteiger partial charge is 0.272 e. The van der Waals surface area contributed by atoms with Crippen molar-refractivity contribution in [2.24, 2.45) is 0 Å². The van der Waals surface area contributed by atoms with Gasteiger partial charge in [0.25, 0.3) is 5.91 Å². The highest BCUT2D eigenvalue weighted by Gasteiger charge is 2.21. The molecule has 0 saturated heterocycles. The fraction of sp³-hybridized carbons (Fsp3) is 0.238. The van der Waals surface area contributed by atoms with Gasteiger partial charge < -0.3 is 14.8 Å². The van der Waals surface area contributed by atoms with Crippen LogP contribution < -0.4 is 4.90 Å². The molecule has 0 fully saturated rings. The second-order valence-corrected chi connectivity index (χ2v) is 6.92. The summed E-state index contributed by atoms with van der Waals surface area (Å²) in [6.45, 7) is 1.17. The van der Waals surface area contributed by atoms with Gasteiger partial charge in [-0.15, -0.1) is 0 Å². The molecule has 1 aliphatic heterocycles. The molecule has 0 atom stereocenters. The summed E-state index contributed by atoms with van der Waals surface area (Å²) in [5.74, 6) is -0.312. The number of halogens is 1. The van der Waals surface area contributed by atoms with Gasteiger partial charge in [0.1, 0.15) is 11.5 Å². The number of fused-ring (bicyclic) bond motifs is 1. The highest BCUT2D eigenvalue weighted by molar-refractivity contribution is 5.95. The van der Waals surface area contributed by atoms with Gasteiger partial charge in [0.15, 0.2) is 0 Å². The van der Waals surface area contributed by atoms with Crippen LogP contribution in [0.15, 0.2) is 48.8 Å². The van der Waals surface area contributed by atoms with Crippen LogP contribution in [-0.4, -0.2) is 48.0 Å². The van der Waals surface area contributed by atoms with E-state index in [2.05, 4.69) is 16.0 Å². The van der Waals surface area contributed by atoms with Crippen LogP contribution in [0.3, 0.4) is 0 Å². The lowest BCUT2D eigenvalue weighted by molar-refractivity contribution is 0.0767. The van der Waals surface area contributed by atoms with Gasteiger partial charge >= 0.3 is 0 Å². The Bertz CT molecular complexity index is 1040. The predicted octanol–water partition coefficient (Wildman–Crippen LogP) is 3.70. The maximum atomic E-state index is 13.4. The molecule has 1 amide bonds. The molecule has 0 radical (unpaired) electrons. The molecule has 1 aromatic carbocycles. The summed E-state index contributed by atoms with van der Waals surface area (Å²) < 4.78 is 13.4. The number of nitrogens with one attached hydrogen (secondary N) is 1. The summed E-state index contributed by atoms with van der Waals surface area (Å²) in [5.41, 5.74) is 4.44. The molecule has 0 saturated carbocycles. The van der Waals surface area contributed by atoms with Crippen LogP contribution >= 0.6 is 0 Å². The average Bonchev–Trinajstić information content (AvgIpc) is 3.10. The number of hydrogen-bond acceptors (Lipinski definition) is 3. The highest BCUT2D eigenvalue weighted by atomic mass is 19.1. The van der Waals surface area contributed by atoms with Crippen LogP contribution in [0.4, 0.5) is 10.1 Å². The van der Waals surface area contributed by atoms with Crippen LogP contribution in [0.5, 0.6) is 0 Å². The summed E-state index contributed by atoms with van der Waals surface area (Å²) in [6.07, 6.45) is 6.40. The molecule has 4 rings (SSSR count). The molecule has 0 spiro atoms. The highest BCUT2D eigenvalue weighted by Crippen LogP contribution is 2.30. The Kier molecular flexibility index (Phi) is 4.39. The van der Waals surface area contributed by atoms with E-state index in [1.165, 1.54) is 17.7 Å². The van der Waals surface area contributed by atoms with Crippen LogP contribution in [0.1, 0.15) is 22.5 Å². The minimum absolute atomic E-state index is 0.0602. The largest absolute Gasteiger partial charge is 0.378 e. The van der Waals surface area contributed by atoms with Gasteiger partial charge in [-0.05, 0) is 42.3 Å². The number of carbonyl (C=O) groups is 1. The van der Waals surface area contributed by atoms with Crippen molar-refractivity contribution in [3.05, 3.63) is 65.9 Å². The molecule has 0 aliphatic carbocycles. The number of aromatic nitrogens is 2. The Morgan fingerprint density at radius 1 is 1.26 bits per heavy atom. The van der Waals surface area contributed by atoms with E-state index < -0.39 is 0 Å². The predicted molar refractivity (Wildman–Crippen MR) is 105 cm³/mol. The van der Waals surface area contributed by atoms with E-state index in [0.717, 1.165) is 28.6 Å². The first-order valence-electron chi connectivity index (χ1n) is 8.91. The molecule has 5 nitrogen and oxygen atoms in total. The number of carbonyl (C=O) groups excluding carboxylic acids is 1. The number of rotatable bonds is 3. The standard InChI is InChI=1S/C21H21FN4O/c1-25(2)16-5-8-23-20(12-16)21(27)26-9-6-14(7-10-26)18-13-24-19-11-15(22)3-4-17(18)19/h3-6,8,11-13,24H,7,9-10H2,1-2H3. The van der Waals surface area contributed by atoms with E-state index in [4.69, 9.17) is 0 Å².